The van der Waals surface area contributed by atoms with Crippen molar-refractivity contribution >= 4 is 28.3 Å². The maximum Gasteiger partial charge on any atom is 0.121 e. The van der Waals surface area contributed by atoms with Crippen molar-refractivity contribution < 1.29 is 4.39 Å². The molecule has 2 rings (SSSR count). The molecule has 0 aromatic heterocycles. The maximum absolute atomic E-state index is 13.4. The lowest BCUT2D eigenvalue weighted by atomic mass is 10.0. The molecule has 1 heterocycles. The Hall–Kier alpha value is -0.120. The SMILES string of the molecule is Cl.FC1CCNC1c1ccccc1Br. The van der Waals surface area contributed by atoms with Crippen molar-refractivity contribution in [3.8, 4) is 0 Å². The van der Waals surface area contributed by atoms with Gasteiger partial charge in [-0.2, -0.15) is 0 Å². The molecule has 78 valence electrons. The molecule has 1 N–H and O–H groups in total. The van der Waals surface area contributed by atoms with Gasteiger partial charge in [0.25, 0.3) is 0 Å². The average Bonchev–Trinajstić information content (AvgIpc) is 2.52. The molecule has 0 amide bonds. The summed E-state index contributed by atoms with van der Waals surface area (Å²) < 4.78 is 14.4. The Labute approximate surface area is 97.6 Å². The van der Waals surface area contributed by atoms with Crippen molar-refractivity contribution in [2.24, 2.45) is 0 Å². The molecule has 2 atom stereocenters. The lowest BCUT2D eigenvalue weighted by molar-refractivity contribution is 0.304. The molecule has 0 saturated carbocycles. The third-order valence-electron chi connectivity index (χ3n) is 2.39. The minimum Gasteiger partial charge on any atom is -0.307 e. The molecule has 1 aromatic carbocycles. The quantitative estimate of drug-likeness (QED) is 0.833. The Morgan fingerprint density at radius 2 is 2.07 bits per heavy atom. The number of hydrogen-bond acceptors (Lipinski definition) is 1. The third-order valence-corrected chi connectivity index (χ3v) is 3.11. The molecule has 2 unspecified atom stereocenters. The van der Waals surface area contributed by atoms with E-state index in [-0.39, 0.29) is 18.4 Å². The summed E-state index contributed by atoms with van der Waals surface area (Å²) in [5.41, 5.74) is 1.02. The first-order valence-corrected chi connectivity index (χ1v) is 5.20. The molecule has 1 nitrogen and oxygen atoms in total. The Kier molecular flexibility index (Phi) is 4.35. The summed E-state index contributed by atoms with van der Waals surface area (Å²) in [7, 11) is 0. The van der Waals surface area contributed by atoms with Gasteiger partial charge in [-0.05, 0) is 24.6 Å². The van der Waals surface area contributed by atoms with Gasteiger partial charge in [0, 0.05) is 4.47 Å². The van der Waals surface area contributed by atoms with E-state index in [1.807, 2.05) is 24.3 Å². The van der Waals surface area contributed by atoms with Gasteiger partial charge in [0.2, 0.25) is 0 Å². The first kappa shape index (κ1) is 12.0. The van der Waals surface area contributed by atoms with Crippen LogP contribution in [0.1, 0.15) is 18.0 Å². The molecule has 0 aliphatic carbocycles. The van der Waals surface area contributed by atoms with Gasteiger partial charge in [0.15, 0.2) is 0 Å². The van der Waals surface area contributed by atoms with Crippen LogP contribution in [0.25, 0.3) is 0 Å². The van der Waals surface area contributed by atoms with E-state index in [0.717, 1.165) is 16.6 Å². The highest BCUT2D eigenvalue weighted by molar-refractivity contribution is 9.10. The van der Waals surface area contributed by atoms with Crippen LogP contribution < -0.4 is 5.32 Å². The molecule has 0 bridgehead atoms. The van der Waals surface area contributed by atoms with Crippen LogP contribution >= 0.6 is 28.3 Å². The van der Waals surface area contributed by atoms with Crippen LogP contribution in [0.4, 0.5) is 4.39 Å². The predicted octanol–water partition coefficient (Wildman–Crippen LogP) is 3.24. The van der Waals surface area contributed by atoms with E-state index in [0.29, 0.717) is 6.42 Å². The van der Waals surface area contributed by atoms with Gasteiger partial charge in [0.1, 0.15) is 6.17 Å². The van der Waals surface area contributed by atoms with Gasteiger partial charge < -0.3 is 5.32 Å². The number of benzene rings is 1. The van der Waals surface area contributed by atoms with Gasteiger partial charge in [-0.15, -0.1) is 12.4 Å². The second-order valence-electron chi connectivity index (χ2n) is 3.26. The first-order valence-electron chi connectivity index (χ1n) is 4.41. The average molecular weight is 281 g/mol. The highest BCUT2D eigenvalue weighted by Crippen LogP contribution is 2.31. The molecule has 1 fully saturated rings. The van der Waals surface area contributed by atoms with Crippen molar-refractivity contribution in [3.05, 3.63) is 34.3 Å². The van der Waals surface area contributed by atoms with E-state index < -0.39 is 6.17 Å². The summed E-state index contributed by atoms with van der Waals surface area (Å²) in [5, 5.41) is 3.16. The van der Waals surface area contributed by atoms with E-state index in [4.69, 9.17) is 0 Å². The molecule has 1 aliphatic rings. The summed E-state index contributed by atoms with van der Waals surface area (Å²) >= 11 is 3.43. The van der Waals surface area contributed by atoms with Crippen LogP contribution in [0.5, 0.6) is 0 Å². The van der Waals surface area contributed by atoms with Gasteiger partial charge in [-0.25, -0.2) is 4.39 Å². The van der Waals surface area contributed by atoms with Crippen LogP contribution in [0.2, 0.25) is 0 Å². The highest BCUT2D eigenvalue weighted by atomic mass is 79.9. The Morgan fingerprint density at radius 3 is 2.64 bits per heavy atom. The standard InChI is InChI=1S/C10H11BrFN.ClH/c11-8-4-2-1-3-7(8)10-9(12)5-6-13-10;/h1-4,9-10,13H,5-6H2;1H. The summed E-state index contributed by atoms with van der Waals surface area (Å²) in [5.74, 6) is 0. The normalized spacial score (nSPS) is 25.9. The van der Waals surface area contributed by atoms with Crippen molar-refractivity contribution in [2.75, 3.05) is 6.54 Å². The number of rotatable bonds is 1. The summed E-state index contributed by atoms with van der Waals surface area (Å²) in [6.45, 7) is 0.771. The summed E-state index contributed by atoms with van der Waals surface area (Å²) in [4.78, 5) is 0. The van der Waals surface area contributed by atoms with Gasteiger partial charge >= 0.3 is 0 Å². The Morgan fingerprint density at radius 1 is 1.36 bits per heavy atom. The van der Waals surface area contributed by atoms with Crippen LogP contribution in [-0.4, -0.2) is 12.7 Å². The summed E-state index contributed by atoms with van der Waals surface area (Å²) in [6, 6.07) is 7.65. The largest absolute Gasteiger partial charge is 0.307 e. The Bertz CT molecular complexity index is 308. The lowest BCUT2D eigenvalue weighted by Crippen LogP contribution is -2.18. The van der Waals surface area contributed by atoms with Crippen LogP contribution in [-0.2, 0) is 0 Å². The second-order valence-corrected chi connectivity index (χ2v) is 4.11. The van der Waals surface area contributed by atoms with Crippen molar-refractivity contribution in [1.82, 2.24) is 5.32 Å². The van der Waals surface area contributed by atoms with E-state index in [1.165, 1.54) is 0 Å². The van der Waals surface area contributed by atoms with Gasteiger partial charge in [0.05, 0.1) is 6.04 Å². The Balaban J connectivity index is 0.000000980. The zero-order valence-electron chi connectivity index (χ0n) is 7.54. The number of alkyl halides is 1. The minimum atomic E-state index is -0.751. The lowest BCUT2D eigenvalue weighted by Gasteiger charge is -2.14. The van der Waals surface area contributed by atoms with Crippen molar-refractivity contribution in [2.45, 2.75) is 18.6 Å². The monoisotopic (exact) mass is 279 g/mol. The molecule has 1 saturated heterocycles. The molecule has 1 aromatic rings. The molecule has 14 heavy (non-hydrogen) atoms. The maximum atomic E-state index is 13.4. The zero-order chi connectivity index (χ0) is 9.26. The molecular formula is C10H12BrClFN. The fraction of sp³-hybridized carbons (Fsp3) is 0.400. The second kappa shape index (κ2) is 5.10. The van der Waals surface area contributed by atoms with E-state index in [9.17, 15) is 4.39 Å². The van der Waals surface area contributed by atoms with E-state index in [2.05, 4.69) is 21.2 Å². The molecule has 1 aliphatic heterocycles. The molecule has 4 heteroatoms. The van der Waals surface area contributed by atoms with Crippen LogP contribution in [0, 0.1) is 0 Å². The third kappa shape index (κ3) is 2.27. The molecule has 0 spiro atoms. The molecule has 0 radical (unpaired) electrons. The number of nitrogens with one attached hydrogen (secondary N) is 1. The van der Waals surface area contributed by atoms with Gasteiger partial charge in [-0.3, -0.25) is 0 Å². The summed E-state index contributed by atoms with van der Waals surface area (Å²) in [6.07, 6.45) is -0.134. The molecular weight excluding hydrogens is 268 g/mol. The fourth-order valence-electron chi connectivity index (χ4n) is 1.70. The minimum absolute atomic E-state index is 0. The number of halogens is 3. The fourth-order valence-corrected chi connectivity index (χ4v) is 2.23. The smallest absolute Gasteiger partial charge is 0.121 e. The van der Waals surface area contributed by atoms with E-state index >= 15 is 0 Å². The van der Waals surface area contributed by atoms with Crippen LogP contribution in [0.3, 0.4) is 0 Å². The first-order chi connectivity index (χ1) is 6.29. The van der Waals surface area contributed by atoms with E-state index in [1.54, 1.807) is 0 Å². The zero-order valence-corrected chi connectivity index (χ0v) is 9.94. The van der Waals surface area contributed by atoms with Gasteiger partial charge in [-0.1, -0.05) is 34.1 Å². The van der Waals surface area contributed by atoms with Crippen molar-refractivity contribution in [1.29, 1.82) is 0 Å². The van der Waals surface area contributed by atoms with Crippen molar-refractivity contribution in [3.63, 3.8) is 0 Å². The highest BCUT2D eigenvalue weighted by Gasteiger charge is 2.28. The predicted molar refractivity (Wildman–Crippen MR) is 61.6 cm³/mol. The number of hydrogen-bond donors (Lipinski definition) is 1. The van der Waals surface area contributed by atoms with Crippen LogP contribution in [0.15, 0.2) is 28.7 Å². The topological polar surface area (TPSA) is 12.0 Å².